The summed E-state index contributed by atoms with van der Waals surface area (Å²) in [5.41, 5.74) is 7.19. The second kappa shape index (κ2) is 3.74. The molecule has 3 nitrogen and oxygen atoms in total. The number of rotatable bonds is 2. The van der Waals surface area contributed by atoms with Crippen molar-refractivity contribution in [3.63, 3.8) is 0 Å². The van der Waals surface area contributed by atoms with Crippen LogP contribution in [-0.4, -0.2) is 9.78 Å². The van der Waals surface area contributed by atoms with E-state index in [1.807, 2.05) is 6.07 Å². The third-order valence-corrected chi connectivity index (χ3v) is 4.98. The fourth-order valence-corrected chi connectivity index (χ4v) is 4.11. The Morgan fingerprint density at radius 2 is 2.11 bits per heavy atom. The maximum absolute atomic E-state index is 6.00. The number of hydrogen-bond acceptors (Lipinski definition) is 2. The molecule has 0 radical (unpaired) electrons. The predicted octanol–water partition coefficient (Wildman–Crippen LogP) is 3.05. The number of nitrogens with two attached hydrogens (primary N) is 1. The molecule has 2 aromatic rings. The van der Waals surface area contributed by atoms with Crippen LogP contribution in [0.2, 0.25) is 0 Å². The van der Waals surface area contributed by atoms with Gasteiger partial charge in [0.25, 0.3) is 0 Å². The van der Waals surface area contributed by atoms with Gasteiger partial charge in [-0.25, -0.2) is 0 Å². The molecule has 0 amide bonds. The molecule has 1 heterocycles. The summed E-state index contributed by atoms with van der Waals surface area (Å²) in [5.74, 6) is 3.44. The Morgan fingerprint density at radius 1 is 1.22 bits per heavy atom. The van der Waals surface area contributed by atoms with Gasteiger partial charge < -0.3 is 5.73 Å². The van der Waals surface area contributed by atoms with Crippen LogP contribution in [0.1, 0.15) is 25.7 Å². The number of benzene rings is 1. The van der Waals surface area contributed by atoms with E-state index in [9.17, 15) is 0 Å². The Labute approximate surface area is 107 Å². The smallest absolute Gasteiger partial charge is 0.153 e. The Morgan fingerprint density at radius 3 is 2.89 bits per heavy atom. The van der Waals surface area contributed by atoms with Crippen molar-refractivity contribution in [3.05, 3.63) is 24.3 Å². The van der Waals surface area contributed by atoms with Crippen LogP contribution in [0, 0.1) is 17.8 Å². The van der Waals surface area contributed by atoms with Crippen molar-refractivity contribution in [2.45, 2.75) is 32.2 Å². The molecule has 0 aliphatic heterocycles. The summed E-state index contributed by atoms with van der Waals surface area (Å²) in [6.45, 7) is 1.05. The molecule has 3 atom stereocenters. The van der Waals surface area contributed by atoms with Gasteiger partial charge in [-0.3, -0.25) is 4.68 Å². The Kier molecular flexibility index (Phi) is 2.16. The highest BCUT2D eigenvalue weighted by Gasteiger charge is 2.39. The first-order valence-electron chi connectivity index (χ1n) is 7.02. The van der Waals surface area contributed by atoms with Gasteiger partial charge in [0.15, 0.2) is 5.82 Å². The van der Waals surface area contributed by atoms with Crippen LogP contribution in [0.3, 0.4) is 0 Å². The SMILES string of the molecule is Nc1nn(CC2CC3CCC2C3)c2ccccc12. The molecule has 2 aliphatic carbocycles. The van der Waals surface area contributed by atoms with Gasteiger partial charge in [-0.15, -0.1) is 0 Å². The Hall–Kier alpha value is -1.51. The van der Waals surface area contributed by atoms with Crippen molar-refractivity contribution >= 4 is 16.7 Å². The summed E-state index contributed by atoms with van der Waals surface area (Å²) in [7, 11) is 0. The third-order valence-electron chi connectivity index (χ3n) is 4.98. The normalized spacial score (nSPS) is 30.3. The molecule has 2 aliphatic rings. The molecule has 0 saturated heterocycles. The molecule has 1 aromatic heterocycles. The lowest BCUT2D eigenvalue weighted by Gasteiger charge is -2.21. The topological polar surface area (TPSA) is 43.8 Å². The molecule has 2 bridgehead atoms. The van der Waals surface area contributed by atoms with E-state index < -0.39 is 0 Å². The van der Waals surface area contributed by atoms with Gasteiger partial charge in [0.05, 0.1) is 5.52 Å². The van der Waals surface area contributed by atoms with Crippen LogP contribution in [0.4, 0.5) is 5.82 Å². The standard InChI is InChI=1S/C15H19N3/c16-15-13-3-1-2-4-14(13)18(17-15)9-12-8-10-5-6-11(12)7-10/h1-4,10-12H,5-9H2,(H2,16,17). The molecule has 1 aromatic carbocycles. The number of aromatic nitrogens is 2. The fourth-order valence-electron chi connectivity index (χ4n) is 4.11. The van der Waals surface area contributed by atoms with Gasteiger partial charge in [0.2, 0.25) is 0 Å². The zero-order valence-electron chi connectivity index (χ0n) is 10.5. The summed E-state index contributed by atoms with van der Waals surface area (Å²) < 4.78 is 2.13. The van der Waals surface area contributed by atoms with Crippen molar-refractivity contribution in [1.82, 2.24) is 9.78 Å². The molecular formula is C15H19N3. The van der Waals surface area contributed by atoms with E-state index in [-0.39, 0.29) is 0 Å². The molecule has 18 heavy (non-hydrogen) atoms. The number of nitrogen functional groups attached to an aromatic ring is 1. The summed E-state index contributed by atoms with van der Waals surface area (Å²) >= 11 is 0. The number of anilines is 1. The maximum Gasteiger partial charge on any atom is 0.153 e. The molecule has 3 heteroatoms. The second-order valence-corrected chi connectivity index (χ2v) is 6.02. The highest BCUT2D eigenvalue weighted by Crippen LogP contribution is 2.49. The van der Waals surface area contributed by atoms with Crippen molar-refractivity contribution in [2.75, 3.05) is 5.73 Å². The van der Waals surface area contributed by atoms with E-state index in [4.69, 9.17) is 5.73 Å². The summed E-state index contributed by atoms with van der Waals surface area (Å²) in [4.78, 5) is 0. The fraction of sp³-hybridized carbons (Fsp3) is 0.533. The quantitative estimate of drug-likeness (QED) is 0.878. The average molecular weight is 241 g/mol. The molecule has 3 unspecified atom stereocenters. The van der Waals surface area contributed by atoms with Crippen molar-refractivity contribution in [1.29, 1.82) is 0 Å². The van der Waals surface area contributed by atoms with Gasteiger partial charge in [-0.05, 0) is 49.1 Å². The lowest BCUT2D eigenvalue weighted by molar-refractivity contribution is 0.289. The van der Waals surface area contributed by atoms with E-state index in [0.29, 0.717) is 5.82 Å². The molecule has 4 rings (SSSR count). The summed E-state index contributed by atoms with van der Waals surface area (Å²) in [5, 5.41) is 5.63. The number of para-hydroxylation sites is 1. The first-order valence-corrected chi connectivity index (χ1v) is 7.02. The minimum Gasteiger partial charge on any atom is -0.382 e. The van der Waals surface area contributed by atoms with E-state index in [0.717, 1.165) is 29.7 Å². The average Bonchev–Trinajstić information content (AvgIpc) is 3.06. The highest BCUT2D eigenvalue weighted by molar-refractivity contribution is 5.88. The zero-order valence-corrected chi connectivity index (χ0v) is 10.5. The van der Waals surface area contributed by atoms with E-state index in [1.165, 1.54) is 31.2 Å². The first kappa shape index (κ1) is 10.4. The van der Waals surface area contributed by atoms with Crippen LogP contribution in [-0.2, 0) is 6.54 Å². The van der Waals surface area contributed by atoms with Crippen LogP contribution in [0.5, 0.6) is 0 Å². The van der Waals surface area contributed by atoms with Crippen LogP contribution in [0.25, 0.3) is 10.9 Å². The lowest BCUT2D eigenvalue weighted by atomic mass is 9.89. The summed E-state index contributed by atoms with van der Waals surface area (Å²) in [6, 6.07) is 8.30. The third kappa shape index (κ3) is 1.46. The molecule has 2 saturated carbocycles. The van der Waals surface area contributed by atoms with Gasteiger partial charge in [-0.1, -0.05) is 18.6 Å². The first-order chi connectivity index (χ1) is 8.81. The van der Waals surface area contributed by atoms with Crippen molar-refractivity contribution < 1.29 is 0 Å². The van der Waals surface area contributed by atoms with E-state index in [1.54, 1.807) is 0 Å². The largest absolute Gasteiger partial charge is 0.382 e. The van der Waals surface area contributed by atoms with Gasteiger partial charge >= 0.3 is 0 Å². The van der Waals surface area contributed by atoms with Gasteiger partial charge in [0, 0.05) is 11.9 Å². The molecule has 0 spiro atoms. The van der Waals surface area contributed by atoms with Crippen LogP contribution < -0.4 is 5.73 Å². The minimum atomic E-state index is 0.675. The molecule has 2 N–H and O–H groups in total. The molecule has 2 fully saturated rings. The maximum atomic E-state index is 6.00. The van der Waals surface area contributed by atoms with E-state index in [2.05, 4.69) is 28.0 Å². The van der Waals surface area contributed by atoms with Gasteiger partial charge in [-0.2, -0.15) is 5.10 Å². The van der Waals surface area contributed by atoms with Crippen molar-refractivity contribution in [3.8, 4) is 0 Å². The number of fused-ring (bicyclic) bond motifs is 3. The number of hydrogen-bond donors (Lipinski definition) is 1. The molecular weight excluding hydrogens is 222 g/mol. The Bertz CT molecular complexity index is 586. The minimum absolute atomic E-state index is 0.675. The van der Waals surface area contributed by atoms with Crippen LogP contribution in [0.15, 0.2) is 24.3 Å². The van der Waals surface area contributed by atoms with Crippen molar-refractivity contribution in [2.24, 2.45) is 17.8 Å². The Balaban J connectivity index is 1.67. The summed E-state index contributed by atoms with van der Waals surface area (Å²) in [6.07, 6.45) is 5.76. The van der Waals surface area contributed by atoms with E-state index >= 15 is 0 Å². The highest BCUT2D eigenvalue weighted by atomic mass is 15.3. The molecule has 94 valence electrons. The predicted molar refractivity (Wildman–Crippen MR) is 73.1 cm³/mol. The van der Waals surface area contributed by atoms with Crippen LogP contribution >= 0.6 is 0 Å². The monoisotopic (exact) mass is 241 g/mol. The lowest BCUT2D eigenvalue weighted by Crippen LogP contribution is -2.18. The van der Waals surface area contributed by atoms with Gasteiger partial charge in [0.1, 0.15) is 0 Å². The number of nitrogens with zero attached hydrogens (tertiary/aromatic N) is 2. The zero-order chi connectivity index (χ0) is 12.1. The second-order valence-electron chi connectivity index (χ2n) is 6.02.